The maximum Gasteiger partial charge on any atom is 0.144 e. The molecule has 0 aliphatic carbocycles. The van der Waals surface area contributed by atoms with Crippen molar-refractivity contribution < 1.29 is 9.84 Å². The molecule has 0 amide bonds. The summed E-state index contributed by atoms with van der Waals surface area (Å²) in [6, 6.07) is 1.85. The number of nitrogens with two attached hydrogens (primary N) is 2. The summed E-state index contributed by atoms with van der Waals surface area (Å²) < 4.78 is 5.55. The van der Waals surface area contributed by atoms with E-state index in [2.05, 4.69) is 12.2 Å². The summed E-state index contributed by atoms with van der Waals surface area (Å²) in [6.45, 7) is 7.55. The van der Waals surface area contributed by atoms with Gasteiger partial charge in [0.2, 0.25) is 0 Å². The number of benzene rings is 1. The number of hydrogen-bond donors (Lipinski definition) is 4. The van der Waals surface area contributed by atoms with Crippen LogP contribution in [0.4, 0.5) is 11.4 Å². The molecule has 22 heavy (non-hydrogen) atoms. The summed E-state index contributed by atoms with van der Waals surface area (Å²) in [5, 5.41) is 12.9. The Bertz CT molecular complexity index is 434. The zero-order chi connectivity index (χ0) is 14.4. The average Bonchev–Trinajstić information content (AvgIpc) is 2.39. The zero-order valence-corrected chi connectivity index (χ0v) is 15.7. The van der Waals surface area contributed by atoms with Crippen LogP contribution in [0.3, 0.4) is 0 Å². The highest BCUT2D eigenvalue weighted by molar-refractivity contribution is 5.86. The highest BCUT2D eigenvalue weighted by atomic mass is 35.5. The van der Waals surface area contributed by atoms with Gasteiger partial charge in [0.1, 0.15) is 18.5 Å². The number of rotatable bonds is 7. The van der Waals surface area contributed by atoms with E-state index < -0.39 is 6.10 Å². The van der Waals surface area contributed by atoms with Crippen LogP contribution in [0.25, 0.3) is 0 Å². The van der Waals surface area contributed by atoms with Gasteiger partial charge in [0, 0.05) is 6.54 Å². The lowest BCUT2D eigenvalue weighted by Crippen LogP contribution is -2.31. The number of hydrogen-bond acceptors (Lipinski definition) is 5. The van der Waals surface area contributed by atoms with E-state index in [0.717, 1.165) is 24.1 Å². The van der Waals surface area contributed by atoms with E-state index in [-0.39, 0.29) is 43.8 Å². The summed E-state index contributed by atoms with van der Waals surface area (Å²) in [5.41, 5.74) is 14.8. The number of aryl methyl sites for hydroxylation is 1. The fourth-order valence-electron chi connectivity index (χ4n) is 1.74. The first-order valence-electron chi connectivity index (χ1n) is 6.64. The Hall–Kier alpha value is -0.590. The van der Waals surface area contributed by atoms with Crippen LogP contribution in [-0.4, -0.2) is 30.9 Å². The number of ether oxygens (including phenoxy) is 1. The van der Waals surface area contributed by atoms with Gasteiger partial charge in [0.05, 0.1) is 11.4 Å². The summed E-state index contributed by atoms with van der Waals surface area (Å²) in [5.74, 6) is 0.537. The highest BCUT2D eigenvalue weighted by Gasteiger charge is 2.11. The molecule has 0 radical (unpaired) electrons. The van der Waals surface area contributed by atoms with Crippen LogP contribution in [0.5, 0.6) is 5.75 Å². The minimum Gasteiger partial charge on any atom is -0.489 e. The van der Waals surface area contributed by atoms with Gasteiger partial charge < -0.3 is 26.6 Å². The molecule has 1 aromatic rings. The van der Waals surface area contributed by atoms with Gasteiger partial charge in [-0.1, -0.05) is 6.92 Å². The van der Waals surface area contributed by atoms with E-state index in [9.17, 15) is 5.11 Å². The van der Waals surface area contributed by atoms with Crippen molar-refractivity contribution in [1.82, 2.24) is 5.32 Å². The summed E-state index contributed by atoms with van der Waals surface area (Å²) in [6.07, 6.45) is 0.475. The van der Waals surface area contributed by atoms with E-state index >= 15 is 0 Å². The second-order valence-electron chi connectivity index (χ2n) is 4.81. The maximum atomic E-state index is 9.76. The quantitative estimate of drug-likeness (QED) is 0.433. The normalized spacial score (nSPS) is 10.7. The van der Waals surface area contributed by atoms with Crippen molar-refractivity contribution in [3.05, 3.63) is 17.2 Å². The van der Waals surface area contributed by atoms with Crippen LogP contribution < -0.4 is 21.5 Å². The Labute approximate surface area is 151 Å². The van der Waals surface area contributed by atoms with Crippen molar-refractivity contribution in [3.63, 3.8) is 0 Å². The lowest BCUT2D eigenvalue weighted by molar-refractivity contribution is 0.107. The van der Waals surface area contributed by atoms with Crippen molar-refractivity contribution in [2.24, 2.45) is 0 Å². The zero-order valence-electron chi connectivity index (χ0n) is 13.2. The van der Waals surface area contributed by atoms with Gasteiger partial charge in [0.25, 0.3) is 0 Å². The summed E-state index contributed by atoms with van der Waals surface area (Å²) >= 11 is 0. The highest BCUT2D eigenvalue weighted by Crippen LogP contribution is 2.32. The predicted octanol–water partition coefficient (Wildman–Crippen LogP) is 2.47. The fraction of sp³-hybridized carbons (Fsp3) is 0.571. The first kappa shape index (κ1) is 26.3. The SMILES string of the molecule is CCCNCC(O)COc1cc(C)c(C)c(N)c1N.Cl.Cl.Cl. The molecular formula is C14H28Cl3N3O2. The summed E-state index contributed by atoms with van der Waals surface area (Å²) in [4.78, 5) is 0. The Kier molecular flexibility index (Phi) is 15.4. The molecule has 1 unspecified atom stereocenters. The topological polar surface area (TPSA) is 93.5 Å². The van der Waals surface area contributed by atoms with Crippen LogP contribution in [0.2, 0.25) is 0 Å². The molecule has 6 N–H and O–H groups in total. The first-order chi connectivity index (χ1) is 8.97. The Morgan fingerprint density at radius 1 is 1.18 bits per heavy atom. The molecule has 8 heteroatoms. The molecule has 0 spiro atoms. The van der Waals surface area contributed by atoms with E-state index in [1.165, 1.54) is 0 Å². The number of aliphatic hydroxyl groups is 1. The third-order valence-electron chi connectivity index (χ3n) is 3.14. The van der Waals surface area contributed by atoms with E-state index in [4.69, 9.17) is 16.2 Å². The van der Waals surface area contributed by atoms with Gasteiger partial charge in [-0.2, -0.15) is 0 Å². The fourth-order valence-corrected chi connectivity index (χ4v) is 1.74. The molecule has 0 bridgehead atoms. The van der Waals surface area contributed by atoms with Crippen molar-refractivity contribution in [1.29, 1.82) is 0 Å². The minimum atomic E-state index is -0.561. The molecule has 1 atom stereocenters. The van der Waals surface area contributed by atoms with Crippen LogP contribution in [0.15, 0.2) is 6.07 Å². The van der Waals surface area contributed by atoms with Crippen LogP contribution in [0, 0.1) is 13.8 Å². The molecule has 0 saturated carbocycles. The van der Waals surface area contributed by atoms with Crippen molar-refractivity contribution in [2.45, 2.75) is 33.3 Å². The van der Waals surface area contributed by atoms with E-state index in [0.29, 0.717) is 23.7 Å². The Morgan fingerprint density at radius 2 is 1.77 bits per heavy atom. The van der Waals surface area contributed by atoms with Gasteiger partial charge in [-0.05, 0) is 44.0 Å². The second-order valence-corrected chi connectivity index (χ2v) is 4.81. The van der Waals surface area contributed by atoms with Crippen molar-refractivity contribution >= 4 is 48.6 Å². The largest absolute Gasteiger partial charge is 0.489 e. The van der Waals surface area contributed by atoms with Gasteiger partial charge in [-0.25, -0.2) is 0 Å². The van der Waals surface area contributed by atoms with Crippen molar-refractivity contribution in [3.8, 4) is 5.75 Å². The number of anilines is 2. The lowest BCUT2D eigenvalue weighted by atomic mass is 10.1. The van der Waals surface area contributed by atoms with Crippen molar-refractivity contribution in [2.75, 3.05) is 31.2 Å². The predicted molar refractivity (Wildman–Crippen MR) is 101 cm³/mol. The third-order valence-corrected chi connectivity index (χ3v) is 3.14. The van der Waals surface area contributed by atoms with Gasteiger partial charge in [0.15, 0.2) is 0 Å². The lowest BCUT2D eigenvalue weighted by Gasteiger charge is -2.17. The molecule has 0 aliphatic rings. The maximum absolute atomic E-state index is 9.76. The van der Waals surface area contributed by atoms with E-state index in [1.807, 2.05) is 19.9 Å². The molecule has 5 nitrogen and oxygen atoms in total. The van der Waals surface area contributed by atoms with Crippen LogP contribution >= 0.6 is 37.2 Å². The number of aliphatic hydroxyl groups excluding tert-OH is 1. The molecular weight excluding hydrogens is 349 g/mol. The standard InChI is InChI=1S/C14H25N3O2.3ClH/c1-4-5-17-7-11(18)8-19-12-6-9(2)10(3)13(15)14(12)16;;;/h6,11,17-18H,4-5,7-8,15-16H2,1-3H3;3*1H. The molecule has 132 valence electrons. The molecule has 0 heterocycles. The second kappa shape index (κ2) is 12.9. The van der Waals surface area contributed by atoms with Gasteiger partial charge in [-0.3, -0.25) is 0 Å². The average molecular weight is 377 g/mol. The number of nitrogens with one attached hydrogen (secondary N) is 1. The van der Waals surface area contributed by atoms with E-state index in [1.54, 1.807) is 0 Å². The van der Waals surface area contributed by atoms with Crippen LogP contribution in [0.1, 0.15) is 24.5 Å². The first-order valence-corrected chi connectivity index (χ1v) is 6.64. The molecule has 1 rings (SSSR count). The molecule has 0 aromatic heterocycles. The third kappa shape index (κ3) is 7.61. The Morgan fingerprint density at radius 3 is 2.32 bits per heavy atom. The van der Waals surface area contributed by atoms with Gasteiger partial charge >= 0.3 is 0 Å². The molecule has 0 fully saturated rings. The molecule has 0 aliphatic heterocycles. The van der Waals surface area contributed by atoms with Crippen LogP contribution in [-0.2, 0) is 0 Å². The molecule has 0 saturated heterocycles. The minimum absolute atomic E-state index is 0. The smallest absolute Gasteiger partial charge is 0.144 e. The summed E-state index contributed by atoms with van der Waals surface area (Å²) in [7, 11) is 0. The van der Waals surface area contributed by atoms with Gasteiger partial charge in [-0.15, -0.1) is 37.2 Å². The number of halogens is 3. The number of nitrogen functional groups attached to an aromatic ring is 2. The molecule has 1 aromatic carbocycles. The monoisotopic (exact) mass is 375 g/mol. The Balaban J connectivity index is -0.00000120.